The highest BCUT2D eigenvalue weighted by Gasteiger charge is 2.18. The van der Waals surface area contributed by atoms with Crippen LogP contribution < -0.4 is 35.3 Å². The van der Waals surface area contributed by atoms with E-state index in [-0.39, 0.29) is 24.1 Å². The third-order valence-electron chi connectivity index (χ3n) is 5.37. The zero-order valence-electron chi connectivity index (χ0n) is 21.1. The van der Waals surface area contributed by atoms with Crippen molar-refractivity contribution in [1.82, 2.24) is 14.7 Å². The molecule has 37 heavy (non-hydrogen) atoms. The van der Waals surface area contributed by atoms with E-state index in [1.807, 2.05) is 0 Å². The molecule has 0 spiro atoms. The monoisotopic (exact) mass is 534 g/mol. The van der Waals surface area contributed by atoms with Crippen molar-refractivity contribution in [2.24, 2.45) is 5.73 Å². The Morgan fingerprint density at radius 3 is 2.38 bits per heavy atom. The van der Waals surface area contributed by atoms with Gasteiger partial charge in [0.2, 0.25) is 21.7 Å². The molecule has 0 aliphatic carbocycles. The van der Waals surface area contributed by atoms with Crippen LogP contribution in [0, 0.1) is 12.7 Å². The first-order valence-corrected chi connectivity index (χ1v) is 13.0. The molecule has 5 N–H and O–H groups in total. The summed E-state index contributed by atoms with van der Waals surface area (Å²) in [4.78, 5) is 8.25. The Morgan fingerprint density at radius 2 is 1.76 bits per heavy atom. The molecule has 0 aliphatic heterocycles. The minimum atomic E-state index is -3.64. The summed E-state index contributed by atoms with van der Waals surface area (Å²) in [6, 6.07) is 8.49. The largest absolute Gasteiger partial charge is 0.493 e. The molecule has 0 bridgehead atoms. The predicted octanol–water partition coefficient (Wildman–Crippen LogP) is 3.21. The highest BCUT2D eigenvalue weighted by Crippen LogP contribution is 2.40. The van der Waals surface area contributed by atoms with Crippen LogP contribution >= 0.6 is 0 Å². The van der Waals surface area contributed by atoms with E-state index in [2.05, 4.69) is 25.3 Å². The Kier molecular flexibility index (Phi) is 9.44. The normalized spacial score (nSPS) is 11.2. The average molecular weight is 535 g/mol. The van der Waals surface area contributed by atoms with Crippen LogP contribution in [0.1, 0.15) is 17.5 Å². The van der Waals surface area contributed by atoms with E-state index in [0.717, 1.165) is 11.8 Å². The first-order valence-electron chi connectivity index (χ1n) is 11.3. The van der Waals surface area contributed by atoms with Crippen molar-refractivity contribution in [3.8, 4) is 17.2 Å². The van der Waals surface area contributed by atoms with Crippen molar-refractivity contribution in [2.75, 3.05) is 45.1 Å². The number of ether oxygens (including phenoxy) is 3. The maximum absolute atomic E-state index is 14.7. The molecule has 3 aromatic rings. The molecule has 0 atom stereocenters. The summed E-state index contributed by atoms with van der Waals surface area (Å²) in [5, 5.41) is 5.90. The van der Waals surface area contributed by atoms with Crippen LogP contribution in [0.25, 0.3) is 0 Å². The molecule has 11 nitrogen and oxygen atoms in total. The number of rotatable bonds is 13. The Labute approximate surface area is 215 Å². The molecule has 1 heterocycles. The summed E-state index contributed by atoms with van der Waals surface area (Å²) in [7, 11) is 0.837. The van der Waals surface area contributed by atoms with Crippen molar-refractivity contribution >= 4 is 33.2 Å². The van der Waals surface area contributed by atoms with Gasteiger partial charge in [0.05, 0.1) is 33.3 Å². The number of benzene rings is 2. The smallest absolute Gasteiger partial charge is 0.229 e. The van der Waals surface area contributed by atoms with Crippen molar-refractivity contribution in [1.29, 1.82) is 0 Å². The summed E-state index contributed by atoms with van der Waals surface area (Å²) in [6.45, 7) is 2.40. The van der Waals surface area contributed by atoms with Crippen molar-refractivity contribution in [3.63, 3.8) is 0 Å². The van der Waals surface area contributed by atoms with Crippen LogP contribution in [0.2, 0.25) is 0 Å². The van der Waals surface area contributed by atoms with E-state index in [1.54, 1.807) is 37.3 Å². The molecule has 13 heteroatoms. The number of halogens is 1. The zero-order chi connectivity index (χ0) is 27.0. The molecule has 0 saturated carbocycles. The van der Waals surface area contributed by atoms with Gasteiger partial charge in [0.1, 0.15) is 0 Å². The van der Waals surface area contributed by atoms with Crippen LogP contribution in [-0.4, -0.2) is 52.8 Å². The molecule has 3 rings (SSSR count). The summed E-state index contributed by atoms with van der Waals surface area (Å²) >= 11 is 0. The van der Waals surface area contributed by atoms with Crippen LogP contribution in [-0.2, 0) is 15.8 Å². The molecule has 0 fully saturated rings. The standard InChI is InChI=1S/C24H31FN6O5S/c1-15-7-5-8-19(17(15)14-37(32,33)28-10-6-9-26)30-23-18(25)13-27-24(31-23)29-16-11-20(34-2)22(36-4)21(12-16)35-3/h5,7-8,11-13,28H,6,9-10,14,26H2,1-4H3,(H2,27,29,30,31). The molecule has 0 saturated heterocycles. The van der Waals surface area contributed by atoms with Gasteiger partial charge in [-0.3, -0.25) is 0 Å². The topological polar surface area (TPSA) is 150 Å². The summed E-state index contributed by atoms with van der Waals surface area (Å²) in [6.07, 6.45) is 1.53. The molecular weight excluding hydrogens is 503 g/mol. The minimum Gasteiger partial charge on any atom is -0.493 e. The maximum Gasteiger partial charge on any atom is 0.229 e. The number of sulfonamides is 1. The van der Waals surface area contributed by atoms with Gasteiger partial charge in [0, 0.05) is 30.1 Å². The minimum absolute atomic E-state index is 0.0865. The van der Waals surface area contributed by atoms with Gasteiger partial charge in [-0.25, -0.2) is 22.5 Å². The average Bonchev–Trinajstić information content (AvgIpc) is 2.87. The van der Waals surface area contributed by atoms with Gasteiger partial charge in [0.15, 0.2) is 23.1 Å². The lowest BCUT2D eigenvalue weighted by Gasteiger charge is -2.16. The van der Waals surface area contributed by atoms with Gasteiger partial charge in [0.25, 0.3) is 0 Å². The van der Waals surface area contributed by atoms with Gasteiger partial charge < -0.3 is 30.6 Å². The number of nitrogens with two attached hydrogens (primary N) is 1. The van der Waals surface area contributed by atoms with Crippen LogP contribution in [0.15, 0.2) is 36.5 Å². The molecule has 1 aromatic heterocycles. The first-order chi connectivity index (χ1) is 17.7. The Hall–Kier alpha value is -3.68. The zero-order valence-corrected chi connectivity index (χ0v) is 21.9. The van der Waals surface area contributed by atoms with E-state index in [1.165, 1.54) is 21.3 Å². The van der Waals surface area contributed by atoms with Gasteiger partial charge in [-0.2, -0.15) is 4.98 Å². The third kappa shape index (κ3) is 7.18. The second-order valence-corrected chi connectivity index (χ2v) is 9.76. The highest BCUT2D eigenvalue weighted by atomic mass is 32.2. The second kappa shape index (κ2) is 12.5. The summed E-state index contributed by atoms with van der Waals surface area (Å²) in [5.74, 6) is 0.180. The van der Waals surface area contributed by atoms with E-state index in [4.69, 9.17) is 19.9 Å². The van der Waals surface area contributed by atoms with E-state index in [0.29, 0.717) is 47.2 Å². The number of hydrogen-bond acceptors (Lipinski definition) is 10. The molecule has 0 aliphatic rings. The number of anilines is 4. The molecule has 0 radical (unpaired) electrons. The summed E-state index contributed by atoms with van der Waals surface area (Å²) < 4.78 is 58.4. The Bertz CT molecular complexity index is 1310. The number of hydrogen-bond donors (Lipinski definition) is 4. The Balaban J connectivity index is 1.89. The fourth-order valence-electron chi connectivity index (χ4n) is 3.51. The molecule has 0 amide bonds. The quantitative estimate of drug-likeness (QED) is 0.241. The number of aromatic nitrogens is 2. The van der Waals surface area contributed by atoms with Gasteiger partial charge >= 0.3 is 0 Å². The van der Waals surface area contributed by atoms with Crippen molar-refractivity contribution in [2.45, 2.75) is 19.1 Å². The number of nitrogens with zero attached hydrogens (tertiary/aromatic N) is 2. The fourth-order valence-corrected chi connectivity index (χ4v) is 4.83. The van der Waals surface area contributed by atoms with Crippen molar-refractivity contribution in [3.05, 3.63) is 53.5 Å². The van der Waals surface area contributed by atoms with Crippen molar-refractivity contribution < 1.29 is 27.0 Å². The molecular formula is C24H31FN6O5S. The first kappa shape index (κ1) is 27.9. The number of nitrogens with one attached hydrogen (secondary N) is 3. The third-order valence-corrected chi connectivity index (χ3v) is 6.68. The number of aryl methyl sites for hydroxylation is 1. The van der Waals surface area contributed by atoms with E-state index >= 15 is 0 Å². The summed E-state index contributed by atoms with van der Waals surface area (Å²) in [5.41, 5.74) is 7.57. The van der Waals surface area contributed by atoms with Crippen LogP contribution in [0.3, 0.4) is 0 Å². The molecule has 0 unspecified atom stereocenters. The van der Waals surface area contributed by atoms with Gasteiger partial charge in [-0.05, 0) is 37.1 Å². The van der Waals surface area contributed by atoms with Gasteiger partial charge in [-0.15, -0.1) is 0 Å². The lowest BCUT2D eigenvalue weighted by molar-refractivity contribution is 0.324. The number of methoxy groups -OCH3 is 3. The van der Waals surface area contributed by atoms with Crippen LogP contribution in [0.5, 0.6) is 17.2 Å². The fraction of sp³-hybridized carbons (Fsp3) is 0.333. The Morgan fingerprint density at radius 1 is 1.05 bits per heavy atom. The highest BCUT2D eigenvalue weighted by molar-refractivity contribution is 7.88. The molecule has 200 valence electrons. The SMILES string of the molecule is COc1cc(Nc2ncc(F)c(Nc3cccc(C)c3CS(=O)(=O)NCCCN)n2)cc(OC)c1OC. The molecule has 2 aromatic carbocycles. The van der Waals surface area contributed by atoms with E-state index < -0.39 is 15.8 Å². The van der Waals surface area contributed by atoms with Gasteiger partial charge in [-0.1, -0.05) is 12.1 Å². The van der Waals surface area contributed by atoms with Crippen LogP contribution in [0.4, 0.5) is 27.5 Å². The lowest BCUT2D eigenvalue weighted by Crippen LogP contribution is -2.28. The predicted molar refractivity (Wildman–Crippen MR) is 140 cm³/mol. The lowest BCUT2D eigenvalue weighted by atomic mass is 10.1. The second-order valence-electron chi connectivity index (χ2n) is 7.95. The maximum atomic E-state index is 14.7. The van der Waals surface area contributed by atoms with E-state index in [9.17, 15) is 12.8 Å².